The number of likely N-dealkylation sites (N-methyl/N-ethyl adjacent to an activating group) is 2. The minimum Gasteiger partial charge on any atom is -0.467 e. The highest BCUT2D eigenvalue weighted by Crippen LogP contribution is 2.30. The average molecular weight is 1340 g/mol. The number of nitrogens with two attached hydrogens (primary N) is 1. The van der Waals surface area contributed by atoms with E-state index in [1.54, 1.807) is 84.7 Å². The van der Waals surface area contributed by atoms with Crippen molar-refractivity contribution in [3.8, 4) is 0 Å². The first-order chi connectivity index (χ1) is 45.5. The molecular weight excluding hydrogens is 1240 g/mol. The van der Waals surface area contributed by atoms with Crippen molar-refractivity contribution in [3.05, 3.63) is 77.9 Å². The number of carbonyl (C=O) groups excluding carboxylic acids is 12. The molecule has 0 unspecified atom stereocenters. The minimum absolute atomic E-state index is 0.0807. The molecule has 1 fully saturated rings. The van der Waals surface area contributed by atoms with E-state index in [2.05, 4.69) is 31.9 Å². The first kappa shape index (κ1) is 80.0. The third kappa shape index (κ3) is 23.7. The number of hydrogen-bond acceptors (Lipinski definition) is 16. The van der Waals surface area contributed by atoms with Crippen LogP contribution in [0.1, 0.15) is 138 Å². The van der Waals surface area contributed by atoms with Gasteiger partial charge in [0.2, 0.25) is 41.4 Å². The predicted octanol–water partition coefficient (Wildman–Crippen LogP) is 4.74. The molecule has 0 radical (unpaired) electrons. The van der Waals surface area contributed by atoms with Gasteiger partial charge in [-0.05, 0) is 85.5 Å². The highest BCUT2D eigenvalue weighted by Gasteiger charge is 2.44. The SMILES string of the molecule is CC[C@H](C)[C@@H]([C@@H](CC(=O)N1CCC[C@H]1[C@H](OC)[C@@H](C)C(=O)N[C@@H](Cc1ccccc1)C(=O)OC)OC)N(C)C(=O)[C@@H](NC(=O)[C@H](C(C)C)N(C)C(=O)OCc1ccc(NC(=O)[C@H](CCCNC(N)=O)NC(=O)[C@@H](NC(=O)CCCCCN2C(=O)C=CC2=O)C(C)C)cc1)C(C)C. The van der Waals surface area contributed by atoms with E-state index in [0.29, 0.717) is 56.3 Å². The molecule has 12 amide bonds. The molecule has 2 aliphatic heterocycles. The molecule has 0 aliphatic carbocycles. The number of carbonyl (C=O) groups is 12. The molecule has 0 aromatic heterocycles. The lowest BCUT2D eigenvalue weighted by molar-refractivity contribution is -0.149. The lowest BCUT2D eigenvalue weighted by Gasteiger charge is -2.41. The summed E-state index contributed by atoms with van der Waals surface area (Å²) in [6.07, 6.45) is 3.86. The summed E-state index contributed by atoms with van der Waals surface area (Å²) in [5.41, 5.74) is 6.93. The summed E-state index contributed by atoms with van der Waals surface area (Å²) >= 11 is 0. The zero-order valence-corrected chi connectivity index (χ0v) is 58.4. The van der Waals surface area contributed by atoms with Crippen LogP contribution in [0, 0.1) is 29.6 Å². The average Bonchev–Trinajstić information content (AvgIpc) is 1.55. The number of nitrogens with zero attached hydrogens (tertiary/aromatic N) is 4. The Morgan fingerprint density at radius 1 is 0.677 bits per heavy atom. The lowest BCUT2D eigenvalue weighted by Crippen LogP contribution is -2.60. The molecule has 27 heteroatoms. The monoisotopic (exact) mass is 1340 g/mol. The van der Waals surface area contributed by atoms with Gasteiger partial charge in [0.15, 0.2) is 0 Å². The van der Waals surface area contributed by atoms with Crippen LogP contribution >= 0.6 is 0 Å². The maximum atomic E-state index is 14.8. The van der Waals surface area contributed by atoms with Crippen LogP contribution in [0.5, 0.6) is 0 Å². The second kappa shape index (κ2) is 39.5. The lowest BCUT2D eigenvalue weighted by atomic mass is 9.89. The molecule has 27 nitrogen and oxygen atoms in total. The van der Waals surface area contributed by atoms with Gasteiger partial charge >= 0.3 is 18.1 Å². The Hall–Kier alpha value is -8.46. The zero-order chi connectivity index (χ0) is 71.5. The van der Waals surface area contributed by atoms with Gasteiger partial charge in [-0.2, -0.15) is 0 Å². The first-order valence-corrected chi connectivity index (χ1v) is 33.3. The molecule has 8 N–H and O–H groups in total. The number of hydrogen-bond donors (Lipinski definition) is 7. The van der Waals surface area contributed by atoms with Gasteiger partial charge in [0.1, 0.15) is 36.8 Å². The number of amides is 12. The number of nitrogens with one attached hydrogen (secondary N) is 6. The largest absolute Gasteiger partial charge is 0.467 e. The summed E-state index contributed by atoms with van der Waals surface area (Å²) in [6, 6.07) is 8.45. The number of urea groups is 1. The van der Waals surface area contributed by atoms with Crippen LogP contribution < -0.4 is 37.6 Å². The molecule has 96 heavy (non-hydrogen) atoms. The number of imide groups is 1. The summed E-state index contributed by atoms with van der Waals surface area (Å²) in [5.74, 6) is -6.93. The number of unbranched alkanes of at least 4 members (excludes halogenated alkanes) is 2. The number of benzene rings is 2. The van der Waals surface area contributed by atoms with Crippen molar-refractivity contribution in [2.75, 3.05) is 60.4 Å². The van der Waals surface area contributed by atoms with Gasteiger partial charge in [0, 0.05) is 78.6 Å². The molecule has 2 aromatic carbocycles. The fourth-order valence-electron chi connectivity index (χ4n) is 12.2. The van der Waals surface area contributed by atoms with Gasteiger partial charge in [0.25, 0.3) is 11.8 Å². The van der Waals surface area contributed by atoms with Gasteiger partial charge < -0.3 is 66.4 Å². The van der Waals surface area contributed by atoms with Gasteiger partial charge in [0.05, 0.1) is 43.7 Å². The Kier molecular flexibility index (Phi) is 32.9. The molecule has 0 saturated carbocycles. The second-order valence-corrected chi connectivity index (χ2v) is 25.9. The minimum atomic E-state index is -1.12. The fraction of sp³-hybridized carbons (Fsp3) is 0.623. The van der Waals surface area contributed by atoms with Crippen LogP contribution in [0.15, 0.2) is 66.7 Å². The van der Waals surface area contributed by atoms with Crippen LogP contribution in [0.4, 0.5) is 15.3 Å². The molecule has 4 rings (SSSR count). The first-order valence-electron chi connectivity index (χ1n) is 33.3. The Morgan fingerprint density at radius 2 is 1.31 bits per heavy atom. The topological polar surface area (TPSA) is 353 Å². The van der Waals surface area contributed by atoms with Crippen molar-refractivity contribution in [2.45, 2.75) is 194 Å². The number of primary amides is 1. The van der Waals surface area contributed by atoms with E-state index in [9.17, 15) is 57.5 Å². The van der Waals surface area contributed by atoms with E-state index in [0.717, 1.165) is 10.5 Å². The number of ether oxygens (including phenoxy) is 4. The highest BCUT2D eigenvalue weighted by atomic mass is 16.6. The van der Waals surface area contributed by atoms with Crippen LogP contribution in [0.25, 0.3) is 0 Å². The second-order valence-electron chi connectivity index (χ2n) is 25.9. The normalized spacial score (nSPS) is 16.9. The molecule has 2 aromatic rings. The molecular formula is C69H105N11O16. The molecule has 0 bridgehead atoms. The number of methoxy groups -OCH3 is 3. The van der Waals surface area contributed by atoms with E-state index in [4.69, 9.17) is 24.7 Å². The maximum absolute atomic E-state index is 14.8. The van der Waals surface area contributed by atoms with Crippen molar-refractivity contribution in [3.63, 3.8) is 0 Å². The summed E-state index contributed by atoms with van der Waals surface area (Å²) in [4.78, 5) is 166. The van der Waals surface area contributed by atoms with Crippen LogP contribution in [0.3, 0.4) is 0 Å². The summed E-state index contributed by atoms with van der Waals surface area (Å²) < 4.78 is 22.8. The van der Waals surface area contributed by atoms with Crippen molar-refractivity contribution >= 4 is 76.9 Å². The number of rotatable bonds is 39. The molecule has 1 saturated heterocycles. The Balaban J connectivity index is 1.38. The number of anilines is 1. The van der Waals surface area contributed by atoms with Crippen molar-refractivity contribution in [1.82, 2.24) is 46.2 Å². The summed E-state index contributed by atoms with van der Waals surface area (Å²) in [5, 5.41) is 16.5. The van der Waals surface area contributed by atoms with Crippen LogP contribution in [-0.4, -0.2) is 200 Å². The fourth-order valence-corrected chi connectivity index (χ4v) is 12.2. The van der Waals surface area contributed by atoms with Crippen LogP contribution in [-0.2, 0) is 79.9 Å². The van der Waals surface area contributed by atoms with Gasteiger partial charge in [-0.25, -0.2) is 14.4 Å². The third-order valence-electron chi connectivity index (χ3n) is 17.8. The Bertz CT molecular complexity index is 2960. The third-order valence-corrected chi connectivity index (χ3v) is 17.8. The van der Waals surface area contributed by atoms with Crippen LogP contribution in [0.2, 0.25) is 0 Å². The number of likely N-dealkylation sites (tertiary alicyclic amines) is 1. The molecule has 0 spiro atoms. The summed E-state index contributed by atoms with van der Waals surface area (Å²) in [7, 11) is 7.28. The van der Waals surface area contributed by atoms with E-state index in [1.807, 2.05) is 44.2 Å². The van der Waals surface area contributed by atoms with Crippen molar-refractivity contribution in [1.29, 1.82) is 0 Å². The van der Waals surface area contributed by atoms with E-state index in [1.165, 1.54) is 50.3 Å². The molecule has 2 heterocycles. The van der Waals surface area contributed by atoms with Gasteiger partial charge in [-0.1, -0.05) is 118 Å². The predicted molar refractivity (Wildman–Crippen MR) is 358 cm³/mol. The highest BCUT2D eigenvalue weighted by molar-refractivity contribution is 6.12. The Morgan fingerprint density at radius 3 is 1.89 bits per heavy atom. The van der Waals surface area contributed by atoms with Gasteiger partial charge in [-0.3, -0.25) is 53.0 Å². The Labute approximate surface area is 565 Å². The smallest absolute Gasteiger partial charge is 0.410 e. The van der Waals surface area contributed by atoms with Crippen molar-refractivity contribution in [2.24, 2.45) is 35.3 Å². The number of esters is 1. The molecule has 532 valence electrons. The zero-order valence-electron chi connectivity index (χ0n) is 58.4. The van der Waals surface area contributed by atoms with Gasteiger partial charge in [-0.15, -0.1) is 0 Å². The van der Waals surface area contributed by atoms with Crippen molar-refractivity contribution < 1.29 is 76.5 Å². The van der Waals surface area contributed by atoms with E-state index in [-0.39, 0.29) is 81.4 Å². The standard InChI is InChI=1S/C69H105N11O16/c1-15-44(8)60(52(93-12)39-56(84)79-37-23-27-51(79)61(94-13)45(9)62(85)74-50(67(90)95-14)38-46-24-18-16-19-25-46)77(10)66(89)58(42(4)5)76-65(88)59(43(6)7)78(11)69(92)96-40-47-29-31-48(32-30-47)72-63(86)49(26-22-35-71-68(70)91)73-64(87)57(41(2)3)75-53(81)28-20-17-21-36-80-54(82)33-34-55(80)83/h16,18-19,24-25,29-34,41-45,49-52,57-61H,15,17,20-23,26-28,35-40H2,1-14H3,(H,72,86)(H,73,87)(H,74,85)(H,75,81)(H,76,88)(H3,70,71,91)/t44-,45+,49-,50-,51-,52+,57-,58-,59-,60-,61+/m0/s1. The summed E-state index contributed by atoms with van der Waals surface area (Å²) in [6.45, 7) is 16.7. The molecule has 2 aliphatic rings. The maximum Gasteiger partial charge on any atom is 0.410 e. The van der Waals surface area contributed by atoms with E-state index >= 15 is 0 Å². The molecule has 11 atom stereocenters. The quantitative estimate of drug-likeness (QED) is 0.0270. The van der Waals surface area contributed by atoms with E-state index < -0.39 is 126 Å².